The van der Waals surface area contributed by atoms with Crippen molar-refractivity contribution in [3.63, 3.8) is 0 Å². The molecule has 1 unspecified atom stereocenters. The van der Waals surface area contributed by atoms with E-state index in [9.17, 15) is 8.78 Å². The van der Waals surface area contributed by atoms with Gasteiger partial charge in [0.15, 0.2) is 0 Å². The Labute approximate surface area is 115 Å². The van der Waals surface area contributed by atoms with E-state index in [0.717, 1.165) is 25.0 Å². The molecule has 0 radical (unpaired) electrons. The van der Waals surface area contributed by atoms with Gasteiger partial charge in [0.25, 0.3) is 0 Å². The zero-order chi connectivity index (χ0) is 14.1. The van der Waals surface area contributed by atoms with Gasteiger partial charge in [0.2, 0.25) is 0 Å². The quantitative estimate of drug-likeness (QED) is 0.620. The standard InChI is InChI=1S/C16H25F2N/c1-2-3-4-5-6-7-8-9-16(19)14-12-13(17)10-11-15(14)18/h10-12,16H,2-9,19H2,1H3. The van der Waals surface area contributed by atoms with Crippen molar-refractivity contribution in [1.29, 1.82) is 0 Å². The molecule has 0 saturated heterocycles. The monoisotopic (exact) mass is 269 g/mol. The molecule has 0 bridgehead atoms. The Morgan fingerprint density at radius 3 is 2.32 bits per heavy atom. The first-order valence-corrected chi connectivity index (χ1v) is 7.35. The van der Waals surface area contributed by atoms with Gasteiger partial charge in [0.1, 0.15) is 11.6 Å². The first-order chi connectivity index (χ1) is 9.15. The summed E-state index contributed by atoms with van der Waals surface area (Å²) in [5.41, 5.74) is 6.22. The molecule has 2 N–H and O–H groups in total. The Kier molecular flexibility index (Phi) is 7.65. The first-order valence-electron chi connectivity index (χ1n) is 7.35. The van der Waals surface area contributed by atoms with E-state index in [2.05, 4.69) is 6.92 Å². The Hall–Kier alpha value is -0.960. The topological polar surface area (TPSA) is 26.0 Å². The smallest absolute Gasteiger partial charge is 0.128 e. The molecule has 1 atom stereocenters. The molecule has 1 rings (SSSR count). The highest BCUT2D eigenvalue weighted by atomic mass is 19.1. The zero-order valence-electron chi connectivity index (χ0n) is 11.8. The van der Waals surface area contributed by atoms with E-state index in [1.165, 1.54) is 38.2 Å². The van der Waals surface area contributed by atoms with Crippen LogP contribution in [0.3, 0.4) is 0 Å². The molecular formula is C16H25F2N. The SMILES string of the molecule is CCCCCCCCCC(N)c1cc(F)ccc1F. The van der Waals surface area contributed by atoms with Gasteiger partial charge in [-0.25, -0.2) is 8.78 Å². The van der Waals surface area contributed by atoms with Crippen molar-refractivity contribution in [3.8, 4) is 0 Å². The van der Waals surface area contributed by atoms with Gasteiger partial charge in [-0.05, 0) is 24.6 Å². The maximum Gasteiger partial charge on any atom is 0.128 e. The van der Waals surface area contributed by atoms with Gasteiger partial charge in [-0.15, -0.1) is 0 Å². The van der Waals surface area contributed by atoms with Crippen LogP contribution in [-0.2, 0) is 0 Å². The van der Waals surface area contributed by atoms with Gasteiger partial charge < -0.3 is 5.73 Å². The zero-order valence-corrected chi connectivity index (χ0v) is 11.8. The average Bonchev–Trinajstić information content (AvgIpc) is 2.40. The van der Waals surface area contributed by atoms with Crippen LogP contribution < -0.4 is 5.73 Å². The summed E-state index contributed by atoms with van der Waals surface area (Å²) in [6.07, 6.45) is 9.13. The summed E-state index contributed by atoms with van der Waals surface area (Å²) >= 11 is 0. The van der Waals surface area contributed by atoms with Crippen LogP contribution in [0.2, 0.25) is 0 Å². The second-order valence-corrected chi connectivity index (χ2v) is 5.18. The summed E-state index contributed by atoms with van der Waals surface area (Å²) < 4.78 is 26.5. The molecule has 0 saturated carbocycles. The van der Waals surface area contributed by atoms with Crippen molar-refractivity contribution in [3.05, 3.63) is 35.4 Å². The summed E-state index contributed by atoms with van der Waals surface area (Å²) in [6.45, 7) is 2.20. The van der Waals surface area contributed by atoms with Crippen LogP contribution in [0.1, 0.15) is 69.9 Å². The second kappa shape index (κ2) is 9.03. The Bertz CT molecular complexity index is 366. The van der Waals surface area contributed by atoms with Crippen molar-refractivity contribution >= 4 is 0 Å². The third kappa shape index (κ3) is 6.15. The predicted molar refractivity (Wildman–Crippen MR) is 75.9 cm³/mol. The minimum atomic E-state index is -0.425. The molecule has 1 nitrogen and oxygen atoms in total. The fourth-order valence-electron chi connectivity index (χ4n) is 2.28. The first kappa shape index (κ1) is 16.1. The Balaban J connectivity index is 2.23. The number of unbranched alkanes of at least 4 members (excludes halogenated alkanes) is 6. The van der Waals surface area contributed by atoms with E-state index >= 15 is 0 Å². The van der Waals surface area contributed by atoms with Crippen molar-refractivity contribution in [2.24, 2.45) is 5.73 Å². The lowest BCUT2D eigenvalue weighted by Crippen LogP contribution is -2.12. The van der Waals surface area contributed by atoms with Crippen molar-refractivity contribution in [2.45, 2.75) is 64.3 Å². The molecule has 3 heteroatoms. The normalized spacial score (nSPS) is 12.6. The molecule has 0 aromatic heterocycles. The van der Waals surface area contributed by atoms with Crippen LogP contribution in [0.25, 0.3) is 0 Å². The molecule has 0 spiro atoms. The molecule has 1 aromatic carbocycles. The lowest BCUT2D eigenvalue weighted by molar-refractivity contribution is 0.514. The highest BCUT2D eigenvalue weighted by Gasteiger charge is 2.12. The van der Waals surface area contributed by atoms with Crippen LogP contribution in [0.4, 0.5) is 8.78 Å². The van der Waals surface area contributed by atoms with Gasteiger partial charge in [-0.1, -0.05) is 51.9 Å². The van der Waals surface area contributed by atoms with Gasteiger partial charge in [-0.3, -0.25) is 0 Å². The number of halogens is 2. The molecule has 19 heavy (non-hydrogen) atoms. The highest BCUT2D eigenvalue weighted by Crippen LogP contribution is 2.21. The summed E-state index contributed by atoms with van der Waals surface area (Å²) in [5.74, 6) is -0.830. The largest absolute Gasteiger partial charge is 0.324 e. The van der Waals surface area contributed by atoms with Crippen LogP contribution in [-0.4, -0.2) is 0 Å². The number of nitrogens with two attached hydrogens (primary N) is 1. The Morgan fingerprint density at radius 2 is 1.63 bits per heavy atom. The number of rotatable bonds is 9. The summed E-state index contributed by atoms with van der Waals surface area (Å²) in [4.78, 5) is 0. The van der Waals surface area contributed by atoms with E-state index in [1.54, 1.807) is 0 Å². The van der Waals surface area contributed by atoms with Crippen LogP contribution in [0.15, 0.2) is 18.2 Å². The van der Waals surface area contributed by atoms with Gasteiger partial charge >= 0.3 is 0 Å². The number of hydrogen-bond acceptors (Lipinski definition) is 1. The summed E-state index contributed by atoms with van der Waals surface area (Å²) in [5, 5.41) is 0. The molecule has 0 aliphatic rings. The second-order valence-electron chi connectivity index (χ2n) is 5.18. The lowest BCUT2D eigenvalue weighted by atomic mass is 9.99. The average molecular weight is 269 g/mol. The lowest BCUT2D eigenvalue weighted by Gasteiger charge is -2.13. The summed E-state index contributed by atoms with van der Waals surface area (Å²) in [6, 6.07) is 3.09. The van der Waals surface area contributed by atoms with E-state index in [0.29, 0.717) is 12.0 Å². The molecule has 0 fully saturated rings. The molecule has 108 valence electrons. The molecule has 1 aromatic rings. The molecule has 0 amide bonds. The molecule has 0 heterocycles. The van der Waals surface area contributed by atoms with E-state index in [1.807, 2.05) is 0 Å². The minimum Gasteiger partial charge on any atom is -0.324 e. The van der Waals surface area contributed by atoms with Gasteiger partial charge in [0, 0.05) is 11.6 Å². The fourth-order valence-corrected chi connectivity index (χ4v) is 2.28. The summed E-state index contributed by atoms with van der Waals surface area (Å²) in [7, 11) is 0. The van der Waals surface area contributed by atoms with Crippen molar-refractivity contribution in [2.75, 3.05) is 0 Å². The van der Waals surface area contributed by atoms with Crippen LogP contribution >= 0.6 is 0 Å². The third-order valence-electron chi connectivity index (χ3n) is 3.48. The fraction of sp³-hybridized carbons (Fsp3) is 0.625. The third-order valence-corrected chi connectivity index (χ3v) is 3.48. The van der Waals surface area contributed by atoms with Crippen LogP contribution in [0, 0.1) is 11.6 Å². The van der Waals surface area contributed by atoms with Gasteiger partial charge in [-0.2, -0.15) is 0 Å². The van der Waals surface area contributed by atoms with Crippen molar-refractivity contribution in [1.82, 2.24) is 0 Å². The van der Waals surface area contributed by atoms with E-state index < -0.39 is 17.7 Å². The highest BCUT2D eigenvalue weighted by molar-refractivity contribution is 5.21. The number of benzene rings is 1. The molecular weight excluding hydrogens is 244 g/mol. The number of hydrogen-bond donors (Lipinski definition) is 1. The van der Waals surface area contributed by atoms with E-state index in [-0.39, 0.29) is 0 Å². The maximum atomic E-state index is 13.5. The van der Waals surface area contributed by atoms with Gasteiger partial charge in [0.05, 0.1) is 0 Å². The Morgan fingerprint density at radius 1 is 1.00 bits per heavy atom. The van der Waals surface area contributed by atoms with Crippen molar-refractivity contribution < 1.29 is 8.78 Å². The molecule has 0 aliphatic heterocycles. The van der Waals surface area contributed by atoms with E-state index in [4.69, 9.17) is 5.73 Å². The van der Waals surface area contributed by atoms with Crippen LogP contribution in [0.5, 0.6) is 0 Å². The predicted octanol–water partition coefficient (Wildman–Crippen LogP) is 5.11. The minimum absolute atomic E-state index is 0.297. The maximum absolute atomic E-state index is 13.5. The molecule has 0 aliphatic carbocycles.